The van der Waals surface area contributed by atoms with E-state index in [0.717, 1.165) is 25.1 Å². The van der Waals surface area contributed by atoms with Crippen molar-refractivity contribution in [1.29, 1.82) is 0 Å². The van der Waals surface area contributed by atoms with Crippen molar-refractivity contribution in [2.24, 2.45) is 0 Å². The van der Waals surface area contributed by atoms with Crippen LogP contribution < -0.4 is 4.74 Å². The Morgan fingerprint density at radius 3 is 2.81 bits per heavy atom. The molecule has 1 fully saturated rings. The summed E-state index contributed by atoms with van der Waals surface area (Å²) in [6.45, 7) is 6.73. The highest BCUT2D eigenvalue weighted by atomic mass is 16.5. The molecule has 26 heavy (non-hydrogen) atoms. The quantitative estimate of drug-likeness (QED) is 0.756. The van der Waals surface area contributed by atoms with Crippen molar-refractivity contribution in [3.63, 3.8) is 0 Å². The fourth-order valence-electron chi connectivity index (χ4n) is 3.10. The minimum atomic E-state index is 0.0239. The topological polar surface area (TPSA) is 77.7 Å². The Morgan fingerprint density at radius 1 is 1.27 bits per heavy atom. The van der Waals surface area contributed by atoms with Crippen LogP contribution in [0.15, 0.2) is 28.8 Å². The van der Waals surface area contributed by atoms with Crippen LogP contribution in [0.4, 0.5) is 0 Å². The van der Waals surface area contributed by atoms with Crippen LogP contribution in [0.5, 0.6) is 5.75 Å². The van der Waals surface area contributed by atoms with Gasteiger partial charge in [0.05, 0.1) is 6.61 Å². The second-order valence-corrected chi connectivity index (χ2v) is 6.23. The van der Waals surface area contributed by atoms with Gasteiger partial charge < -0.3 is 18.9 Å². The fourth-order valence-corrected chi connectivity index (χ4v) is 3.10. The van der Waals surface area contributed by atoms with Gasteiger partial charge in [0, 0.05) is 31.2 Å². The first-order valence-electron chi connectivity index (χ1n) is 9.13. The summed E-state index contributed by atoms with van der Waals surface area (Å²) in [4.78, 5) is 19.1. The predicted molar refractivity (Wildman–Crippen MR) is 95.1 cm³/mol. The molecule has 7 heteroatoms. The van der Waals surface area contributed by atoms with E-state index in [4.69, 9.17) is 14.0 Å². The average Bonchev–Trinajstić information content (AvgIpc) is 3.16. The standard InChI is InChI=1S/C19H25N3O4/c1-3-24-13-17-20-18(21-26-17)15-6-5-11-22(12-15)19(23)14-7-9-16(10-8-14)25-4-2/h7-10,15H,3-6,11-13H2,1-2H3. The lowest BCUT2D eigenvalue weighted by Gasteiger charge is -2.31. The van der Waals surface area contributed by atoms with E-state index < -0.39 is 0 Å². The number of rotatable bonds is 7. The highest BCUT2D eigenvalue weighted by molar-refractivity contribution is 5.94. The molecular weight excluding hydrogens is 334 g/mol. The molecule has 7 nitrogen and oxygen atoms in total. The van der Waals surface area contributed by atoms with E-state index in [2.05, 4.69) is 10.1 Å². The van der Waals surface area contributed by atoms with Crippen molar-refractivity contribution in [2.45, 2.75) is 39.2 Å². The summed E-state index contributed by atoms with van der Waals surface area (Å²) in [7, 11) is 0. The van der Waals surface area contributed by atoms with Crippen LogP contribution in [0, 0.1) is 0 Å². The molecule has 1 aliphatic heterocycles. The van der Waals surface area contributed by atoms with Gasteiger partial charge in [-0.25, -0.2) is 0 Å². The summed E-state index contributed by atoms with van der Waals surface area (Å²) >= 11 is 0. The van der Waals surface area contributed by atoms with Crippen LogP contribution in [0.3, 0.4) is 0 Å². The molecule has 1 saturated heterocycles. The van der Waals surface area contributed by atoms with Crippen LogP contribution >= 0.6 is 0 Å². The number of piperidine rings is 1. The second-order valence-electron chi connectivity index (χ2n) is 6.23. The number of likely N-dealkylation sites (tertiary alicyclic amines) is 1. The summed E-state index contributed by atoms with van der Waals surface area (Å²) in [5.41, 5.74) is 0.666. The number of carbonyl (C=O) groups is 1. The normalized spacial score (nSPS) is 17.3. The molecule has 0 saturated carbocycles. The van der Waals surface area contributed by atoms with Crippen molar-refractivity contribution in [3.05, 3.63) is 41.5 Å². The number of aromatic nitrogens is 2. The number of benzene rings is 1. The Bertz CT molecular complexity index is 714. The third-order valence-corrected chi connectivity index (χ3v) is 4.40. The Balaban J connectivity index is 1.63. The summed E-state index contributed by atoms with van der Waals surface area (Å²) in [5, 5.41) is 4.07. The molecular formula is C19H25N3O4. The van der Waals surface area contributed by atoms with Crippen LogP contribution in [-0.4, -0.2) is 47.3 Å². The summed E-state index contributed by atoms with van der Waals surface area (Å²) in [5.74, 6) is 2.03. The van der Waals surface area contributed by atoms with Gasteiger partial charge in [-0.3, -0.25) is 4.79 Å². The van der Waals surface area contributed by atoms with Gasteiger partial charge in [-0.2, -0.15) is 4.98 Å². The Kier molecular flexibility index (Phi) is 6.22. The number of amides is 1. The smallest absolute Gasteiger partial charge is 0.253 e. The SMILES string of the molecule is CCOCc1nc(C2CCCN(C(=O)c3ccc(OCC)cc3)C2)no1. The number of nitrogens with zero attached hydrogens (tertiary/aromatic N) is 3. The molecule has 1 atom stereocenters. The van der Waals surface area contributed by atoms with Crippen molar-refractivity contribution in [3.8, 4) is 5.75 Å². The zero-order valence-electron chi connectivity index (χ0n) is 15.3. The molecule has 0 spiro atoms. The molecule has 2 aromatic rings. The molecule has 1 unspecified atom stereocenters. The fraction of sp³-hybridized carbons (Fsp3) is 0.526. The van der Waals surface area contributed by atoms with Crippen molar-refractivity contribution < 1.29 is 18.8 Å². The van der Waals surface area contributed by atoms with Crippen molar-refractivity contribution >= 4 is 5.91 Å². The zero-order valence-corrected chi connectivity index (χ0v) is 15.3. The molecule has 3 rings (SSSR count). The molecule has 1 amide bonds. The van der Waals surface area contributed by atoms with Gasteiger partial charge in [-0.1, -0.05) is 5.16 Å². The van der Waals surface area contributed by atoms with E-state index in [9.17, 15) is 4.79 Å². The molecule has 140 valence electrons. The molecule has 1 aromatic heterocycles. The maximum absolute atomic E-state index is 12.8. The van der Waals surface area contributed by atoms with Crippen LogP contribution in [0.25, 0.3) is 0 Å². The average molecular weight is 359 g/mol. The van der Waals surface area contributed by atoms with E-state index in [0.29, 0.717) is 43.6 Å². The molecule has 1 aliphatic rings. The van der Waals surface area contributed by atoms with Gasteiger partial charge in [-0.15, -0.1) is 0 Å². The molecule has 1 aromatic carbocycles. The van der Waals surface area contributed by atoms with Gasteiger partial charge in [0.15, 0.2) is 5.82 Å². The van der Waals surface area contributed by atoms with Crippen LogP contribution in [-0.2, 0) is 11.3 Å². The van der Waals surface area contributed by atoms with Gasteiger partial charge in [0.25, 0.3) is 11.8 Å². The molecule has 0 radical (unpaired) electrons. The largest absolute Gasteiger partial charge is 0.494 e. The Morgan fingerprint density at radius 2 is 2.08 bits per heavy atom. The Hall–Kier alpha value is -2.41. The molecule has 0 aliphatic carbocycles. The lowest BCUT2D eigenvalue weighted by molar-refractivity contribution is 0.0703. The number of hydrogen-bond acceptors (Lipinski definition) is 6. The summed E-state index contributed by atoms with van der Waals surface area (Å²) in [6.07, 6.45) is 1.86. The third-order valence-electron chi connectivity index (χ3n) is 4.40. The Labute approximate surface area is 153 Å². The highest BCUT2D eigenvalue weighted by Crippen LogP contribution is 2.26. The van der Waals surface area contributed by atoms with Crippen LogP contribution in [0.1, 0.15) is 54.7 Å². The van der Waals surface area contributed by atoms with Crippen LogP contribution in [0.2, 0.25) is 0 Å². The minimum Gasteiger partial charge on any atom is -0.494 e. The van der Waals surface area contributed by atoms with E-state index >= 15 is 0 Å². The first-order chi connectivity index (χ1) is 12.7. The third kappa shape index (κ3) is 4.40. The molecule has 0 bridgehead atoms. The molecule has 0 N–H and O–H groups in total. The van der Waals surface area contributed by atoms with Gasteiger partial charge >= 0.3 is 0 Å². The summed E-state index contributed by atoms with van der Waals surface area (Å²) < 4.78 is 16.0. The van der Waals surface area contributed by atoms with Gasteiger partial charge in [0.1, 0.15) is 12.4 Å². The lowest BCUT2D eigenvalue weighted by atomic mass is 9.96. The van der Waals surface area contributed by atoms with E-state index in [1.165, 1.54) is 0 Å². The number of ether oxygens (including phenoxy) is 2. The van der Waals surface area contributed by atoms with Gasteiger partial charge in [0.2, 0.25) is 0 Å². The number of carbonyl (C=O) groups excluding carboxylic acids is 1. The second kappa shape index (κ2) is 8.80. The minimum absolute atomic E-state index is 0.0239. The zero-order chi connectivity index (χ0) is 18.4. The van der Waals surface area contributed by atoms with Gasteiger partial charge in [-0.05, 0) is 51.0 Å². The summed E-state index contributed by atoms with van der Waals surface area (Å²) in [6, 6.07) is 7.28. The first kappa shape index (κ1) is 18.4. The number of hydrogen-bond donors (Lipinski definition) is 0. The lowest BCUT2D eigenvalue weighted by Crippen LogP contribution is -2.39. The van der Waals surface area contributed by atoms with E-state index in [1.807, 2.05) is 43.0 Å². The van der Waals surface area contributed by atoms with Crippen molar-refractivity contribution in [1.82, 2.24) is 15.0 Å². The van der Waals surface area contributed by atoms with E-state index in [1.54, 1.807) is 0 Å². The maximum atomic E-state index is 12.8. The maximum Gasteiger partial charge on any atom is 0.253 e. The van der Waals surface area contributed by atoms with E-state index in [-0.39, 0.29) is 11.8 Å². The predicted octanol–water partition coefficient (Wildman–Crippen LogP) is 3.02. The monoisotopic (exact) mass is 359 g/mol. The first-order valence-corrected chi connectivity index (χ1v) is 9.13. The van der Waals surface area contributed by atoms with Crippen molar-refractivity contribution in [2.75, 3.05) is 26.3 Å². The highest BCUT2D eigenvalue weighted by Gasteiger charge is 2.28. The molecule has 2 heterocycles.